The Morgan fingerprint density at radius 2 is 1.93 bits per heavy atom. The molecule has 1 aromatic rings. The molecule has 0 bridgehead atoms. The summed E-state index contributed by atoms with van der Waals surface area (Å²) in [7, 11) is 0.0544. The standard InChI is InChI=1S/C11H16O2S/c1-8(2)13-9-6-5-7-10(11(9)12)14(3)4/h5-8H,1-4H3/p+1. The number of aromatic hydroxyl groups is 1. The van der Waals surface area contributed by atoms with Crippen molar-refractivity contribution < 1.29 is 9.84 Å². The number of ether oxygens (including phenoxy) is 1. The van der Waals surface area contributed by atoms with Crippen LogP contribution in [0.15, 0.2) is 23.1 Å². The second-order valence-corrected chi connectivity index (χ2v) is 5.66. The largest absolute Gasteiger partial charge is 0.501 e. The van der Waals surface area contributed by atoms with Gasteiger partial charge in [0.15, 0.2) is 10.6 Å². The number of phenolic OH excluding ortho intramolecular Hbond substituents is 1. The zero-order valence-corrected chi connectivity index (χ0v) is 9.89. The van der Waals surface area contributed by atoms with Gasteiger partial charge in [-0.25, -0.2) is 0 Å². The summed E-state index contributed by atoms with van der Waals surface area (Å²) in [4.78, 5) is 0.961. The fourth-order valence-corrected chi connectivity index (χ4v) is 2.02. The molecule has 0 saturated heterocycles. The highest BCUT2D eigenvalue weighted by Crippen LogP contribution is 2.33. The summed E-state index contributed by atoms with van der Waals surface area (Å²) in [6.45, 7) is 3.90. The summed E-state index contributed by atoms with van der Waals surface area (Å²) in [5.74, 6) is 0.869. The lowest BCUT2D eigenvalue weighted by Crippen LogP contribution is -2.06. The number of hydrogen-bond acceptors (Lipinski definition) is 2. The van der Waals surface area contributed by atoms with E-state index in [-0.39, 0.29) is 22.7 Å². The lowest BCUT2D eigenvalue weighted by molar-refractivity contribution is 0.230. The molecule has 0 aliphatic carbocycles. The highest BCUT2D eigenvalue weighted by Gasteiger charge is 2.18. The molecule has 14 heavy (non-hydrogen) atoms. The molecule has 0 aromatic heterocycles. The van der Waals surface area contributed by atoms with Gasteiger partial charge in [0.2, 0.25) is 5.75 Å². The Labute approximate surface area is 88.3 Å². The van der Waals surface area contributed by atoms with Gasteiger partial charge in [-0.3, -0.25) is 0 Å². The van der Waals surface area contributed by atoms with Crippen LogP contribution in [0, 0.1) is 0 Å². The van der Waals surface area contributed by atoms with Crippen molar-refractivity contribution in [3.8, 4) is 11.5 Å². The van der Waals surface area contributed by atoms with Gasteiger partial charge in [-0.05, 0) is 26.0 Å². The molecule has 2 nitrogen and oxygen atoms in total. The van der Waals surface area contributed by atoms with Crippen LogP contribution in [0.3, 0.4) is 0 Å². The summed E-state index contributed by atoms with van der Waals surface area (Å²) < 4.78 is 5.49. The van der Waals surface area contributed by atoms with Gasteiger partial charge in [0.1, 0.15) is 12.5 Å². The van der Waals surface area contributed by atoms with Crippen molar-refractivity contribution >= 4 is 10.9 Å². The van der Waals surface area contributed by atoms with Crippen LogP contribution in [-0.2, 0) is 10.9 Å². The highest BCUT2D eigenvalue weighted by molar-refractivity contribution is 7.95. The average molecular weight is 213 g/mol. The van der Waals surface area contributed by atoms with Crippen LogP contribution in [0.1, 0.15) is 13.8 Å². The third-order valence-electron chi connectivity index (χ3n) is 1.76. The van der Waals surface area contributed by atoms with Crippen LogP contribution in [-0.4, -0.2) is 23.7 Å². The minimum Gasteiger partial charge on any atom is -0.501 e. The van der Waals surface area contributed by atoms with Gasteiger partial charge in [0.05, 0.1) is 6.10 Å². The van der Waals surface area contributed by atoms with Gasteiger partial charge in [-0.15, -0.1) is 0 Å². The molecule has 0 heterocycles. The van der Waals surface area contributed by atoms with Gasteiger partial charge >= 0.3 is 0 Å². The molecule has 1 rings (SSSR count). The van der Waals surface area contributed by atoms with Crippen molar-refractivity contribution in [2.75, 3.05) is 12.5 Å². The number of hydrogen-bond donors (Lipinski definition) is 1. The number of rotatable bonds is 3. The maximum atomic E-state index is 9.89. The Morgan fingerprint density at radius 1 is 1.29 bits per heavy atom. The lowest BCUT2D eigenvalue weighted by Gasteiger charge is -2.11. The zero-order valence-electron chi connectivity index (χ0n) is 9.07. The van der Waals surface area contributed by atoms with Crippen LogP contribution in [0.5, 0.6) is 11.5 Å². The van der Waals surface area contributed by atoms with Gasteiger partial charge in [-0.1, -0.05) is 6.07 Å². The van der Waals surface area contributed by atoms with E-state index in [1.165, 1.54) is 0 Å². The first-order valence-corrected chi connectivity index (χ1v) is 6.62. The van der Waals surface area contributed by atoms with Crippen molar-refractivity contribution in [1.29, 1.82) is 0 Å². The Kier molecular flexibility index (Phi) is 3.69. The van der Waals surface area contributed by atoms with Gasteiger partial charge in [-0.2, -0.15) is 0 Å². The van der Waals surface area contributed by atoms with E-state index in [1.807, 2.05) is 26.0 Å². The maximum Gasteiger partial charge on any atom is 0.214 e. The quantitative estimate of drug-likeness (QED) is 0.781. The van der Waals surface area contributed by atoms with Crippen molar-refractivity contribution in [2.45, 2.75) is 24.8 Å². The molecule has 78 valence electrons. The summed E-state index contributed by atoms with van der Waals surface area (Å²) in [6, 6.07) is 5.65. The van der Waals surface area contributed by atoms with Crippen LogP contribution >= 0.6 is 0 Å². The Hall–Kier alpha value is -0.830. The van der Waals surface area contributed by atoms with E-state index >= 15 is 0 Å². The minimum atomic E-state index is 0.0544. The molecule has 1 aromatic carbocycles. The van der Waals surface area contributed by atoms with E-state index in [0.717, 1.165) is 4.90 Å². The van der Waals surface area contributed by atoms with Crippen molar-refractivity contribution in [1.82, 2.24) is 0 Å². The third kappa shape index (κ3) is 2.58. The Balaban J connectivity index is 3.01. The van der Waals surface area contributed by atoms with E-state index in [0.29, 0.717) is 5.75 Å². The van der Waals surface area contributed by atoms with Crippen LogP contribution in [0.25, 0.3) is 0 Å². The molecule has 0 spiro atoms. The highest BCUT2D eigenvalue weighted by atomic mass is 32.2. The predicted molar refractivity (Wildman–Crippen MR) is 61.3 cm³/mol. The monoisotopic (exact) mass is 213 g/mol. The molecule has 0 amide bonds. The number of phenols is 1. The predicted octanol–water partition coefficient (Wildman–Crippen LogP) is 2.42. The zero-order chi connectivity index (χ0) is 10.7. The average Bonchev–Trinajstić information content (AvgIpc) is 2.07. The molecule has 0 atom stereocenters. The molecule has 0 aliphatic heterocycles. The maximum absolute atomic E-state index is 9.89. The van der Waals surface area contributed by atoms with E-state index in [9.17, 15) is 5.11 Å². The molecule has 0 aliphatic rings. The molecule has 0 radical (unpaired) electrons. The molecule has 0 saturated carbocycles. The summed E-state index contributed by atoms with van der Waals surface area (Å²) in [6.07, 6.45) is 4.24. The smallest absolute Gasteiger partial charge is 0.214 e. The van der Waals surface area contributed by atoms with Crippen molar-refractivity contribution in [3.05, 3.63) is 18.2 Å². The second-order valence-electron chi connectivity index (χ2n) is 3.59. The first-order valence-electron chi connectivity index (χ1n) is 4.58. The second kappa shape index (κ2) is 4.60. The van der Waals surface area contributed by atoms with E-state index < -0.39 is 0 Å². The Morgan fingerprint density at radius 3 is 2.43 bits per heavy atom. The normalized spacial score (nSPS) is 11.0. The number of para-hydroxylation sites is 1. The molecule has 3 heteroatoms. The Bertz CT molecular complexity index is 308. The fraction of sp³-hybridized carbons (Fsp3) is 0.455. The fourth-order valence-electron chi connectivity index (χ4n) is 1.18. The SMILES string of the molecule is CC(C)Oc1cccc([S+](C)C)c1O. The van der Waals surface area contributed by atoms with Gasteiger partial charge in [0.25, 0.3) is 0 Å². The number of benzene rings is 1. The van der Waals surface area contributed by atoms with E-state index in [1.54, 1.807) is 6.07 Å². The van der Waals surface area contributed by atoms with Crippen LogP contribution in [0.4, 0.5) is 0 Å². The van der Waals surface area contributed by atoms with Crippen molar-refractivity contribution in [2.24, 2.45) is 0 Å². The minimum absolute atomic E-state index is 0.0544. The summed E-state index contributed by atoms with van der Waals surface area (Å²) in [5.41, 5.74) is 0. The molecular formula is C11H17O2S+. The third-order valence-corrected chi connectivity index (χ3v) is 2.97. The summed E-state index contributed by atoms with van der Waals surface area (Å²) in [5, 5.41) is 9.89. The molecule has 0 fully saturated rings. The van der Waals surface area contributed by atoms with Crippen molar-refractivity contribution in [3.63, 3.8) is 0 Å². The first-order chi connectivity index (χ1) is 6.52. The van der Waals surface area contributed by atoms with Gasteiger partial charge in [0, 0.05) is 10.9 Å². The van der Waals surface area contributed by atoms with Crippen LogP contribution in [0.2, 0.25) is 0 Å². The topological polar surface area (TPSA) is 29.5 Å². The van der Waals surface area contributed by atoms with E-state index in [4.69, 9.17) is 4.74 Å². The van der Waals surface area contributed by atoms with E-state index in [2.05, 4.69) is 12.5 Å². The first kappa shape index (κ1) is 11.2. The molecular weight excluding hydrogens is 196 g/mol. The summed E-state index contributed by atoms with van der Waals surface area (Å²) >= 11 is 0. The molecule has 1 N–H and O–H groups in total. The lowest BCUT2D eigenvalue weighted by atomic mass is 10.3. The van der Waals surface area contributed by atoms with Crippen LogP contribution < -0.4 is 4.74 Å². The van der Waals surface area contributed by atoms with Gasteiger partial charge < -0.3 is 9.84 Å². The molecule has 0 unspecified atom stereocenters.